The third kappa shape index (κ3) is 1.06. The minimum atomic E-state index is -0.157. The highest BCUT2D eigenvalue weighted by molar-refractivity contribution is 9.10. The molecule has 50 valence electrons. The zero-order chi connectivity index (χ0) is 6.85. The Hall–Kier alpha value is -0.550. The second-order valence-electron chi connectivity index (χ2n) is 1.45. The largest absolute Gasteiger partial charge is 0.490 e. The monoisotopic (exact) mass is 192 g/mol. The molecule has 0 radical (unpaired) electrons. The van der Waals surface area contributed by atoms with Crippen molar-refractivity contribution in [3.63, 3.8) is 0 Å². The van der Waals surface area contributed by atoms with Crippen LogP contribution >= 0.6 is 15.9 Å². The van der Waals surface area contributed by atoms with Crippen molar-refractivity contribution in [1.82, 2.24) is 5.16 Å². The molecule has 5 heteroatoms. The van der Waals surface area contributed by atoms with E-state index in [1.54, 1.807) is 0 Å². The van der Waals surface area contributed by atoms with Crippen molar-refractivity contribution in [3.8, 4) is 5.88 Å². The number of aromatic nitrogens is 1. The van der Waals surface area contributed by atoms with Crippen molar-refractivity contribution in [2.75, 3.05) is 0 Å². The Balaban J connectivity index is 3.04. The second-order valence-corrected chi connectivity index (χ2v) is 2.24. The molecule has 0 unspecified atom stereocenters. The van der Waals surface area contributed by atoms with E-state index in [4.69, 9.17) is 10.8 Å². The summed E-state index contributed by atoms with van der Waals surface area (Å²) in [5, 5.41) is 12.0. The van der Waals surface area contributed by atoms with Crippen LogP contribution < -0.4 is 5.73 Å². The first kappa shape index (κ1) is 6.57. The van der Waals surface area contributed by atoms with Gasteiger partial charge in [-0.1, -0.05) is 0 Å². The summed E-state index contributed by atoms with van der Waals surface area (Å²) < 4.78 is 5.01. The van der Waals surface area contributed by atoms with Crippen molar-refractivity contribution < 1.29 is 9.63 Å². The third-order valence-corrected chi connectivity index (χ3v) is 1.67. The molecule has 0 saturated heterocycles. The van der Waals surface area contributed by atoms with Gasteiger partial charge in [0.15, 0.2) is 5.76 Å². The summed E-state index contributed by atoms with van der Waals surface area (Å²) in [6, 6.07) is 0. The summed E-state index contributed by atoms with van der Waals surface area (Å²) in [6.45, 7) is 0.230. The van der Waals surface area contributed by atoms with E-state index in [-0.39, 0.29) is 12.4 Å². The van der Waals surface area contributed by atoms with Crippen LogP contribution in [0, 0.1) is 0 Å². The van der Waals surface area contributed by atoms with E-state index in [1.165, 1.54) is 0 Å². The lowest BCUT2D eigenvalue weighted by Gasteiger charge is -1.83. The third-order valence-electron chi connectivity index (χ3n) is 0.869. The van der Waals surface area contributed by atoms with Gasteiger partial charge >= 0.3 is 0 Å². The molecule has 3 N–H and O–H groups in total. The van der Waals surface area contributed by atoms with Crippen LogP contribution in [0.15, 0.2) is 9.00 Å². The van der Waals surface area contributed by atoms with Crippen LogP contribution in [0.25, 0.3) is 0 Å². The Morgan fingerprint density at radius 3 is 2.67 bits per heavy atom. The first-order valence-corrected chi connectivity index (χ1v) is 3.08. The quantitative estimate of drug-likeness (QED) is 0.684. The maximum atomic E-state index is 8.76. The highest BCUT2D eigenvalue weighted by Crippen LogP contribution is 2.25. The number of nitrogens with zero attached hydrogens (tertiary/aromatic N) is 1. The van der Waals surface area contributed by atoms with Gasteiger partial charge in [0.1, 0.15) is 4.47 Å². The summed E-state index contributed by atoms with van der Waals surface area (Å²) >= 11 is 3.02. The fourth-order valence-electron chi connectivity index (χ4n) is 0.430. The summed E-state index contributed by atoms with van der Waals surface area (Å²) in [6.07, 6.45) is 0. The highest BCUT2D eigenvalue weighted by atomic mass is 79.9. The topological polar surface area (TPSA) is 72.3 Å². The summed E-state index contributed by atoms with van der Waals surface area (Å²) in [5.74, 6) is 0.294. The molecule has 0 atom stereocenters. The number of hydrogen-bond donors (Lipinski definition) is 2. The first-order valence-electron chi connectivity index (χ1n) is 2.28. The van der Waals surface area contributed by atoms with Gasteiger partial charge in [0, 0.05) is 0 Å². The van der Waals surface area contributed by atoms with Crippen LogP contribution in [0.3, 0.4) is 0 Å². The molecule has 0 aliphatic carbocycles. The minimum Gasteiger partial charge on any atom is -0.490 e. The van der Waals surface area contributed by atoms with Crippen molar-refractivity contribution in [3.05, 3.63) is 10.2 Å². The SMILES string of the molecule is NCc1onc(O)c1Br. The van der Waals surface area contributed by atoms with Gasteiger partial charge in [-0.05, 0) is 21.1 Å². The summed E-state index contributed by atoms with van der Waals surface area (Å²) in [5.41, 5.74) is 5.19. The molecule has 1 heterocycles. The van der Waals surface area contributed by atoms with E-state index in [1.807, 2.05) is 0 Å². The van der Waals surface area contributed by atoms with Crippen LogP contribution in [0.2, 0.25) is 0 Å². The van der Waals surface area contributed by atoms with E-state index in [0.717, 1.165) is 0 Å². The molecule has 0 spiro atoms. The maximum absolute atomic E-state index is 8.76. The van der Waals surface area contributed by atoms with Crippen molar-refractivity contribution in [1.29, 1.82) is 0 Å². The zero-order valence-corrected chi connectivity index (χ0v) is 6.05. The number of halogens is 1. The molecule has 0 aliphatic heterocycles. The van der Waals surface area contributed by atoms with Gasteiger partial charge in [-0.15, -0.1) is 0 Å². The Kier molecular flexibility index (Phi) is 1.73. The lowest BCUT2D eigenvalue weighted by atomic mass is 10.5. The molecule has 4 nitrogen and oxygen atoms in total. The molecule has 0 bridgehead atoms. The fourth-order valence-corrected chi connectivity index (χ4v) is 0.737. The van der Waals surface area contributed by atoms with Crippen molar-refractivity contribution >= 4 is 15.9 Å². The van der Waals surface area contributed by atoms with E-state index in [9.17, 15) is 0 Å². The molecule has 0 amide bonds. The molecule has 1 aromatic heterocycles. The predicted octanol–water partition coefficient (Wildman–Crippen LogP) is 0.601. The Bertz CT molecular complexity index is 210. The standard InChI is InChI=1S/C4H5BrN2O2/c5-3-2(1-6)9-7-4(3)8/h1,6H2,(H,7,8). The molecular weight excluding hydrogens is 188 g/mol. The van der Waals surface area contributed by atoms with E-state index >= 15 is 0 Å². The van der Waals surface area contributed by atoms with Crippen LogP contribution in [0.1, 0.15) is 5.76 Å². The Morgan fingerprint density at radius 2 is 2.44 bits per heavy atom. The highest BCUT2D eigenvalue weighted by Gasteiger charge is 2.09. The van der Waals surface area contributed by atoms with Crippen LogP contribution in [-0.4, -0.2) is 10.3 Å². The van der Waals surface area contributed by atoms with E-state index in [0.29, 0.717) is 10.2 Å². The average Bonchev–Trinajstić information content (AvgIpc) is 2.15. The second kappa shape index (κ2) is 2.36. The van der Waals surface area contributed by atoms with Gasteiger partial charge < -0.3 is 15.4 Å². The lowest BCUT2D eigenvalue weighted by Crippen LogP contribution is -1.93. The summed E-state index contributed by atoms with van der Waals surface area (Å²) in [7, 11) is 0. The predicted molar refractivity (Wildman–Crippen MR) is 33.8 cm³/mol. The van der Waals surface area contributed by atoms with Crippen molar-refractivity contribution in [2.45, 2.75) is 6.54 Å². The molecule has 0 saturated carbocycles. The maximum Gasteiger partial charge on any atom is 0.266 e. The molecule has 0 aromatic carbocycles. The number of rotatable bonds is 1. The number of aromatic hydroxyl groups is 1. The minimum absolute atomic E-state index is 0.157. The Labute approximate surface area is 59.8 Å². The van der Waals surface area contributed by atoms with Gasteiger partial charge in [0.25, 0.3) is 5.88 Å². The van der Waals surface area contributed by atoms with Crippen molar-refractivity contribution in [2.24, 2.45) is 5.73 Å². The molecular formula is C4H5BrN2O2. The molecule has 0 fully saturated rings. The van der Waals surface area contributed by atoms with Gasteiger partial charge in [-0.3, -0.25) is 0 Å². The van der Waals surface area contributed by atoms with Crippen LogP contribution in [0.5, 0.6) is 5.88 Å². The molecule has 9 heavy (non-hydrogen) atoms. The van der Waals surface area contributed by atoms with Gasteiger partial charge in [-0.2, -0.15) is 0 Å². The molecule has 1 rings (SSSR count). The van der Waals surface area contributed by atoms with Gasteiger partial charge in [-0.25, -0.2) is 0 Å². The average molecular weight is 193 g/mol. The Morgan fingerprint density at radius 1 is 1.78 bits per heavy atom. The van der Waals surface area contributed by atoms with Crippen LogP contribution in [0.4, 0.5) is 0 Å². The smallest absolute Gasteiger partial charge is 0.266 e. The first-order chi connectivity index (χ1) is 4.25. The molecule has 1 aromatic rings. The lowest BCUT2D eigenvalue weighted by molar-refractivity contribution is 0.342. The fraction of sp³-hybridized carbons (Fsp3) is 0.250. The van der Waals surface area contributed by atoms with Crippen LogP contribution in [-0.2, 0) is 6.54 Å². The number of hydrogen-bond acceptors (Lipinski definition) is 4. The summed E-state index contributed by atoms with van der Waals surface area (Å²) in [4.78, 5) is 0. The zero-order valence-electron chi connectivity index (χ0n) is 4.47. The normalized spacial score (nSPS) is 10.0. The molecule has 0 aliphatic rings. The van der Waals surface area contributed by atoms with E-state index in [2.05, 4.69) is 25.6 Å². The van der Waals surface area contributed by atoms with Gasteiger partial charge in [0.05, 0.1) is 6.54 Å². The van der Waals surface area contributed by atoms with E-state index < -0.39 is 0 Å². The number of nitrogens with two attached hydrogens (primary N) is 1. The van der Waals surface area contributed by atoms with Gasteiger partial charge in [0.2, 0.25) is 0 Å².